The third kappa shape index (κ3) is 3.71. The van der Waals surface area contributed by atoms with Crippen molar-refractivity contribution in [1.82, 2.24) is 0 Å². The van der Waals surface area contributed by atoms with E-state index in [1.54, 1.807) is 25.1 Å². The number of amides is 1. The summed E-state index contributed by atoms with van der Waals surface area (Å²) in [5.74, 6) is 0.617. The number of hydrogen-bond donors (Lipinski definition) is 1. The summed E-state index contributed by atoms with van der Waals surface area (Å²) in [5.41, 5.74) is 0.560. The number of anilines is 1. The summed E-state index contributed by atoms with van der Waals surface area (Å²) >= 11 is 5.89. The summed E-state index contributed by atoms with van der Waals surface area (Å²) in [6, 6.07) is 8.85. The molecule has 1 atom stereocenters. The highest BCUT2D eigenvalue weighted by atomic mass is 35.5. The van der Waals surface area contributed by atoms with Gasteiger partial charge in [0.25, 0.3) is 5.91 Å². The van der Waals surface area contributed by atoms with Gasteiger partial charge in [0, 0.05) is 11.8 Å². The molecule has 2 aromatic rings. The number of carbonyl (C=O) groups excluding carboxylic acids is 1. The van der Waals surface area contributed by atoms with E-state index in [1.165, 1.54) is 12.1 Å². The first-order chi connectivity index (χ1) is 11.5. The van der Waals surface area contributed by atoms with Crippen LogP contribution in [0.1, 0.15) is 6.92 Å². The van der Waals surface area contributed by atoms with Gasteiger partial charge in [0.05, 0.1) is 5.02 Å². The Hall–Kier alpha value is -2.47. The molecule has 0 saturated carbocycles. The second-order valence-corrected chi connectivity index (χ2v) is 5.59. The van der Waals surface area contributed by atoms with Crippen LogP contribution in [0, 0.1) is 5.82 Å². The monoisotopic (exact) mass is 351 g/mol. The van der Waals surface area contributed by atoms with Crippen LogP contribution in [0.4, 0.5) is 10.1 Å². The molecule has 0 spiro atoms. The fourth-order valence-electron chi connectivity index (χ4n) is 2.18. The molecule has 0 aromatic heterocycles. The van der Waals surface area contributed by atoms with Crippen molar-refractivity contribution in [2.24, 2.45) is 0 Å². The van der Waals surface area contributed by atoms with Crippen LogP contribution in [0.3, 0.4) is 0 Å². The number of carbonyl (C=O) groups is 1. The number of halogens is 2. The number of fused-ring (bicyclic) bond motifs is 1. The SMILES string of the molecule is C[C@@H](Oc1ccc(F)cc1Cl)C(=O)Nc1ccc2c(c1)OCCO2. The molecule has 0 aliphatic carbocycles. The highest BCUT2D eigenvalue weighted by molar-refractivity contribution is 6.32. The van der Waals surface area contributed by atoms with Crippen molar-refractivity contribution in [2.45, 2.75) is 13.0 Å². The molecule has 0 fully saturated rings. The van der Waals surface area contributed by atoms with Gasteiger partial charge in [-0.3, -0.25) is 4.79 Å². The van der Waals surface area contributed by atoms with Crippen LogP contribution in [-0.4, -0.2) is 25.2 Å². The predicted molar refractivity (Wildman–Crippen MR) is 87.6 cm³/mol. The number of nitrogens with one attached hydrogen (secondary N) is 1. The quantitative estimate of drug-likeness (QED) is 0.913. The van der Waals surface area contributed by atoms with Crippen molar-refractivity contribution >= 4 is 23.2 Å². The van der Waals surface area contributed by atoms with Crippen LogP contribution in [0.5, 0.6) is 17.2 Å². The maximum absolute atomic E-state index is 13.0. The minimum absolute atomic E-state index is 0.106. The highest BCUT2D eigenvalue weighted by Gasteiger charge is 2.18. The average molecular weight is 352 g/mol. The Labute approximate surface area is 143 Å². The Morgan fingerprint density at radius 1 is 1.21 bits per heavy atom. The molecule has 126 valence electrons. The summed E-state index contributed by atoms with van der Waals surface area (Å²) in [6.45, 7) is 2.54. The van der Waals surface area contributed by atoms with Gasteiger partial charge in [-0.1, -0.05) is 11.6 Å². The molecule has 1 aliphatic heterocycles. The zero-order chi connectivity index (χ0) is 17.1. The van der Waals surface area contributed by atoms with Gasteiger partial charge >= 0.3 is 0 Å². The van der Waals surface area contributed by atoms with Gasteiger partial charge in [0.2, 0.25) is 0 Å². The van der Waals surface area contributed by atoms with Crippen LogP contribution >= 0.6 is 11.6 Å². The van der Waals surface area contributed by atoms with Gasteiger partial charge in [0.1, 0.15) is 24.8 Å². The number of ether oxygens (including phenoxy) is 3. The maximum Gasteiger partial charge on any atom is 0.265 e. The molecule has 24 heavy (non-hydrogen) atoms. The van der Waals surface area contributed by atoms with Crippen molar-refractivity contribution in [3.63, 3.8) is 0 Å². The van der Waals surface area contributed by atoms with Gasteiger partial charge in [0.15, 0.2) is 17.6 Å². The second kappa shape index (κ2) is 6.97. The fraction of sp³-hybridized carbons (Fsp3) is 0.235. The Morgan fingerprint density at radius 2 is 1.96 bits per heavy atom. The molecule has 7 heteroatoms. The molecule has 5 nitrogen and oxygen atoms in total. The molecule has 3 rings (SSSR count). The lowest BCUT2D eigenvalue weighted by Crippen LogP contribution is -2.30. The molecule has 1 amide bonds. The van der Waals surface area contributed by atoms with Crippen LogP contribution in [0.2, 0.25) is 5.02 Å². The van der Waals surface area contributed by atoms with E-state index in [0.29, 0.717) is 30.4 Å². The van der Waals surface area contributed by atoms with Gasteiger partial charge in [-0.2, -0.15) is 0 Å². The van der Waals surface area contributed by atoms with Crippen LogP contribution < -0.4 is 19.5 Å². The van der Waals surface area contributed by atoms with Gasteiger partial charge < -0.3 is 19.5 Å². The Kier molecular flexibility index (Phi) is 4.76. The van der Waals surface area contributed by atoms with Crippen LogP contribution in [-0.2, 0) is 4.79 Å². The van der Waals surface area contributed by atoms with Gasteiger partial charge in [-0.15, -0.1) is 0 Å². The highest BCUT2D eigenvalue weighted by Crippen LogP contribution is 2.32. The lowest BCUT2D eigenvalue weighted by atomic mass is 10.2. The predicted octanol–water partition coefficient (Wildman–Crippen LogP) is 3.66. The summed E-state index contributed by atoms with van der Waals surface area (Å²) in [5, 5.41) is 2.83. The molecular formula is C17H15ClFNO4. The molecule has 1 N–H and O–H groups in total. The molecule has 0 bridgehead atoms. The van der Waals surface area contributed by atoms with E-state index in [1.807, 2.05) is 0 Å². The lowest BCUT2D eigenvalue weighted by Gasteiger charge is -2.20. The van der Waals surface area contributed by atoms with Crippen molar-refractivity contribution < 1.29 is 23.4 Å². The third-order valence-electron chi connectivity index (χ3n) is 3.38. The summed E-state index contributed by atoms with van der Waals surface area (Å²) in [7, 11) is 0. The van der Waals surface area contributed by atoms with Crippen LogP contribution in [0.25, 0.3) is 0 Å². The second-order valence-electron chi connectivity index (χ2n) is 5.18. The Morgan fingerprint density at radius 3 is 2.71 bits per heavy atom. The van der Waals surface area contributed by atoms with Crippen molar-refractivity contribution in [3.8, 4) is 17.2 Å². The lowest BCUT2D eigenvalue weighted by molar-refractivity contribution is -0.122. The standard InChI is InChI=1S/C17H15ClFNO4/c1-10(24-14-4-2-11(19)8-13(14)18)17(21)20-12-3-5-15-16(9-12)23-7-6-22-15/h2-5,8-10H,6-7H2,1H3,(H,20,21)/t10-/m1/s1. The number of benzene rings is 2. The topological polar surface area (TPSA) is 56.8 Å². The zero-order valence-electron chi connectivity index (χ0n) is 12.8. The molecule has 1 heterocycles. The average Bonchev–Trinajstić information content (AvgIpc) is 2.57. The first-order valence-corrected chi connectivity index (χ1v) is 7.73. The molecule has 0 unspecified atom stereocenters. The fourth-order valence-corrected chi connectivity index (χ4v) is 2.39. The van der Waals surface area contributed by atoms with E-state index >= 15 is 0 Å². The summed E-state index contributed by atoms with van der Waals surface area (Å²) in [6.07, 6.45) is -0.818. The molecular weight excluding hydrogens is 337 g/mol. The zero-order valence-corrected chi connectivity index (χ0v) is 13.6. The first-order valence-electron chi connectivity index (χ1n) is 7.35. The van der Waals surface area contributed by atoms with E-state index in [4.69, 9.17) is 25.8 Å². The van der Waals surface area contributed by atoms with Gasteiger partial charge in [-0.05, 0) is 37.3 Å². The molecule has 2 aromatic carbocycles. The minimum atomic E-state index is -0.818. The van der Waals surface area contributed by atoms with Gasteiger partial charge in [-0.25, -0.2) is 4.39 Å². The van der Waals surface area contributed by atoms with E-state index in [2.05, 4.69) is 5.32 Å². The minimum Gasteiger partial charge on any atom is -0.486 e. The maximum atomic E-state index is 13.0. The molecule has 1 aliphatic rings. The normalized spacial score (nSPS) is 14.0. The number of rotatable bonds is 4. The van der Waals surface area contributed by atoms with Crippen molar-refractivity contribution in [3.05, 3.63) is 47.2 Å². The third-order valence-corrected chi connectivity index (χ3v) is 3.67. The largest absolute Gasteiger partial charge is 0.486 e. The number of hydrogen-bond acceptors (Lipinski definition) is 4. The van der Waals surface area contributed by atoms with E-state index in [0.717, 1.165) is 6.07 Å². The Bertz CT molecular complexity index is 768. The van der Waals surface area contributed by atoms with E-state index < -0.39 is 11.9 Å². The van der Waals surface area contributed by atoms with Crippen molar-refractivity contribution in [2.75, 3.05) is 18.5 Å². The smallest absolute Gasteiger partial charge is 0.265 e. The molecule has 0 saturated heterocycles. The van der Waals surface area contributed by atoms with E-state index in [-0.39, 0.29) is 16.7 Å². The van der Waals surface area contributed by atoms with Crippen LogP contribution in [0.15, 0.2) is 36.4 Å². The summed E-state index contributed by atoms with van der Waals surface area (Å²) in [4.78, 5) is 12.2. The first kappa shape index (κ1) is 16.4. The van der Waals surface area contributed by atoms with Crippen molar-refractivity contribution in [1.29, 1.82) is 0 Å². The molecule has 0 radical (unpaired) electrons. The Balaban J connectivity index is 1.65. The van der Waals surface area contributed by atoms with E-state index in [9.17, 15) is 9.18 Å². The summed E-state index contributed by atoms with van der Waals surface area (Å²) < 4.78 is 29.4.